The number of imidazole rings is 1. The third kappa shape index (κ3) is 4.13. The van der Waals surface area contributed by atoms with Crippen molar-refractivity contribution in [2.75, 3.05) is 26.2 Å². The molecule has 0 N–H and O–H groups in total. The van der Waals surface area contributed by atoms with E-state index < -0.39 is 10.0 Å². The molecule has 154 valence electrons. The molecule has 2 aromatic heterocycles. The van der Waals surface area contributed by atoms with Crippen LogP contribution in [0.2, 0.25) is 0 Å². The number of aryl methyl sites for hydroxylation is 2. The fourth-order valence-corrected chi connectivity index (χ4v) is 5.92. The van der Waals surface area contributed by atoms with E-state index in [9.17, 15) is 12.8 Å². The standard InChI is InChI=1S/C20H23FN4O2S2/c1-15-22-20(14-23(15)2)29(26,27)25-11-9-24(10-12-25)13-16-7-8-19(28-16)17-5-3-4-6-18(17)21/h3-8,14H,9-13H2,1-2H3. The van der Waals surface area contributed by atoms with E-state index in [1.165, 1.54) is 10.4 Å². The summed E-state index contributed by atoms with van der Waals surface area (Å²) >= 11 is 1.58. The lowest BCUT2D eigenvalue weighted by atomic mass is 10.2. The highest BCUT2D eigenvalue weighted by Crippen LogP contribution is 2.31. The van der Waals surface area contributed by atoms with Gasteiger partial charge in [-0.3, -0.25) is 4.90 Å². The summed E-state index contributed by atoms with van der Waals surface area (Å²) in [5, 5.41) is 0.110. The van der Waals surface area contributed by atoms with Crippen molar-refractivity contribution < 1.29 is 12.8 Å². The van der Waals surface area contributed by atoms with Crippen LogP contribution in [-0.2, 0) is 23.6 Å². The Balaban J connectivity index is 1.39. The van der Waals surface area contributed by atoms with E-state index in [1.807, 2.05) is 18.2 Å². The monoisotopic (exact) mass is 434 g/mol. The summed E-state index contributed by atoms with van der Waals surface area (Å²) in [6, 6.07) is 10.7. The molecule has 0 atom stereocenters. The van der Waals surface area contributed by atoms with E-state index in [0.29, 0.717) is 37.6 Å². The second kappa shape index (κ2) is 7.98. The second-order valence-corrected chi connectivity index (χ2v) is 10.2. The first kappa shape index (κ1) is 20.2. The number of nitrogens with zero attached hydrogens (tertiary/aromatic N) is 4. The Labute approximate surface area is 174 Å². The van der Waals surface area contributed by atoms with Gasteiger partial charge in [-0.2, -0.15) is 4.31 Å². The number of hydrogen-bond acceptors (Lipinski definition) is 5. The zero-order chi connectivity index (χ0) is 20.6. The highest BCUT2D eigenvalue weighted by molar-refractivity contribution is 7.89. The van der Waals surface area contributed by atoms with Crippen molar-refractivity contribution >= 4 is 21.4 Å². The Morgan fingerprint density at radius 2 is 1.83 bits per heavy atom. The van der Waals surface area contributed by atoms with E-state index in [1.54, 1.807) is 48.2 Å². The Morgan fingerprint density at radius 3 is 2.48 bits per heavy atom. The van der Waals surface area contributed by atoms with Gasteiger partial charge in [0.15, 0.2) is 5.03 Å². The summed E-state index contributed by atoms with van der Waals surface area (Å²) in [7, 11) is -1.77. The fourth-order valence-electron chi connectivity index (χ4n) is 3.40. The van der Waals surface area contributed by atoms with Gasteiger partial charge in [-0.05, 0) is 25.1 Å². The van der Waals surface area contributed by atoms with Crippen molar-refractivity contribution in [1.29, 1.82) is 0 Å². The molecular weight excluding hydrogens is 411 g/mol. The molecule has 0 saturated carbocycles. The van der Waals surface area contributed by atoms with E-state index in [2.05, 4.69) is 9.88 Å². The SMILES string of the molecule is Cc1nc(S(=O)(=O)N2CCN(Cc3ccc(-c4ccccc4F)s3)CC2)cn1C. The average molecular weight is 435 g/mol. The predicted octanol–water partition coefficient (Wildman–Crippen LogP) is 3.10. The van der Waals surface area contributed by atoms with Crippen molar-refractivity contribution in [3.63, 3.8) is 0 Å². The van der Waals surface area contributed by atoms with Gasteiger partial charge in [-0.1, -0.05) is 18.2 Å². The van der Waals surface area contributed by atoms with Gasteiger partial charge >= 0.3 is 0 Å². The molecular formula is C20H23FN4O2S2. The molecule has 1 fully saturated rings. The Morgan fingerprint density at radius 1 is 1.10 bits per heavy atom. The van der Waals surface area contributed by atoms with Gasteiger partial charge in [0.2, 0.25) is 0 Å². The van der Waals surface area contributed by atoms with Gasteiger partial charge in [0.1, 0.15) is 11.6 Å². The zero-order valence-electron chi connectivity index (χ0n) is 16.4. The van der Waals surface area contributed by atoms with Crippen molar-refractivity contribution in [2.24, 2.45) is 7.05 Å². The highest BCUT2D eigenvalue weighted by Gasteiger charge is 2.30. The lowest BCUT2D eigenvalue weighted by Crippen LogP contribution is -2.48. The van der Waals surface area contributed by atoms with Crippen molar-refractivity contribution in [3.05, 3.63) is 59.1 Å². The quantitative estimate of drug-likeness (QED) is 0.619. The van der Waals surface area contributed by atoms with Crippen LogP contribution in [-0.4, -0.2) is 53.4 Å². The van der Waals surface area contributed by atoms with Gasteiger partial charge in [-0.25, -0.2) is 17.8 Å². The predicted molar refractivity (Wildman–Crippen MR) is 112 cm³/mol. The summed E-state index contributed by atoms with van der Waals surface area (Å²) in [5.74, 6) is 0.454. The lowest BCUT2D eigenvalue weighted by molar-refractivity contribution is 0.182. The molecule has 1 aromatic carbocycles. The molecule has 0 bridgehead atoms. The van der Waals surface area contributed by atoms with Crippen LogP contribution in [0.25, 0.3) is 10.4 Å². The van der Waals surface area contributed by atoms with Crippen LogP contribution in [0.3, 0.4) is 0 Å². The Bertz CT molecular complexity index is 1100. The topological polar surface area (TPSA) is 58.4 Å². The molecule has 3 aromatic rings. The maximum Gasteiger partial charge on any atom is 0.262 e. The minimum atomic E-state index is -3.56. The van der Waals surface area contributed by atoms with Crippen LogP contribution in [0, 0.1) is 12.7 Å². The molecule has 3 heterocycles. The number of thiophene rings is 1. The van der Waals surface area contributed by atoms with Crippen LogP contribution < -0.4 is 0 Å². The van der Waals surface area contributed by atoms with Crippen LogP contribution in [0.5, 0.6) is 0 Å². The molecule has 0 spiro atoms. The second-order valence-electron chi connectivity index (χ2n) is 7.16. The minimum Gasteiger partial charge on any atom is -0.337 e. The largest absolute Gasteiger partial charge is 0.337 e. The van der Waals surface area contributed by atoms with Crippen LogP contribution >= 0.6 is 11.3 Å². The molecule has 9 heteroatoms. The van der Waals surface area contributed by atoms with Crippen LogP contribution in [0.15, 0.2) is 47.6 Å². The number of hydrogen-bond donors (Lipinski definition) is 0. The zero-order valence-corrected chi connectivity index (χ0v) is 18.0. The molecule has 0 unspecified atom stereocenters. The van der Waals surface area contributed by atoms with Crippen molar-refractivity contribution in [1.82, 2.24) is 18.8 Å². The number of benzene rings is 1. The Hall–Kier alpha value is -2.07. The molecule has 1 aliphatic rings. The van der Waals surface area contributed by atoms with E-state index in [-0.39, 0.29) is 10.8 Å². The van der Waals surface area contributed by atoms with Crippen molar-refractivity contribution in [2.45, 2.75) is 18.5 Å². The minimum absolute atomic E-state index is 0.110. The van der Waals surface area contributed by atoms with E-state index >= 15 is 0 Å². The number of sulfonamides is 1. The van der Waals surface area contributed by atoms with E-state index in [4.69, 9.17) is 0 Å². The summed E-state index contributed by atoms with van der Waals surface area (Å²) in [4.78, 5) is 8.45. The number of aromatic nitrogens is 2. The smallest absolute Gasteiger partial charge is 0.262 e. The van der Waals surface area contributed by atoms with Crippen molar-refractivity contribution in [3.8, 4) is 10.4 Å². The molecule has 6 nitrogen and oxygen atoms in total. The molecule has 0 amide bonds. The van der Waals surface area contributed by atoms with Gasteiger partial charge in [0.25, 0.3) is 10.0 Å². The number of rotatable bonds is 5. The van der Waals surface area contributed by atoms with Crippen LogP contribution in [0.1, 0.15) is 10.7 Å². The summed E-state index contributed by atoms with van der Waals surface area (Å²) in [6.45, 7) is 4.69. The van der Waals surface area contributed by atoms with Gasteiger partial charge in [-0.15, -0.1) is 11.3 Å². The van der Waals surface area contributed by atoms with Gasteiger partial charge in [0.05, 0.1) is 0 Å². The summed E-state index contributed by atoms with van der Waals surface area (Å²) in [6.07, 6.45) is 1.56. The fraction of sp³-hybridized carbons (Fsp3) is 0.350. The number of halogens is 1. The maximum atomic E-state index is 14.0. The molecule has 0 aliphatic carbocycles. The van der Waals surface area contributed by atoms with Crippen LogP contribution in [0.4, 0.5) is 4.39 Å². The lowest BCUT2D eigenvalue weighted by Gasteiger charge is -2.33. The van der Waals surface area contributed by atoms with Gasteiger partial charge < -0.3 is 4.57 Å². The third-order valence-corrected chi connectivity index (χ3v) is 8.08. The first-order valence-electron chi connectivity index (χ1n) is 9.40. The summed E-state index contributed by atoms with van der Waals surface area (Å²) < 4.78 is 42.8. The first-order valence-corrected chi connectivity index (χ1v) is 11.7. The molecule has 1 saturated heterocycles. The van der Waals surface area contributed by atoms with Gasteiger partial charge in [0, 0.05) is 61.3 Å². The Kier molecular flexibility index (Phi) is 5.56. The average Bonchev–Trinajstić information content (AvgIpc) is 3.30. The molecule has 0 radical (unpaired) electrons. The molecule has 4 rings (SSSR count). The summed E-state index contributed by atoms with van der Waals surface area (Å²) in [5.41, 5.74) is 0.616. The number of piperazine rings is 1. The van der Waals surface area contributed by atoms with E-state index in [0.717, 1.165) is 16.3 Å². The normalized spacial score (nSPS) is 16.4. The third-order valence-electron chi connectivity index (χ3n) is 5.20. The first-order chi connectivity index (χ1) is 13.8. The molecule has 1 aliphatic heterocycles. The maximum absolute atomic E-state index is 14.0. The molecule has 29 heavy (non-hydrogen) atoms. The highest BCUT2D eigenvalue weighted by atomic mass is 32.2.